The van der Waals surface area contributed by atoms with E-state index in [0.717, 1.165) is 10.9 Å². The van der Waals surface area contributed by atoms with Gasteiger partial charge in [-0.2, -0.15) is 4.98 Å². The number of hydrogen-bond donors (Lipinski definition) is 4. The van der Waals surface area contributed by atoms with E-state index < -0.39 is 19.4 Å². The fourth-order valence-corrected chi connectivity index (χ4v) is 1.88. The van der Waals surface area contributed by atoms with Crippen molar-refractivity contribution in [1.82, 2.24) is 19.5 Å². The van der Waals surface area contributed by atoms with Crippen LogP contribution < -0.4 is 11.3 Å². The number of hydrogen-bond acceptors (Lipinski definition) is 5. The Bertz CT molecular complexity index is 640. The van der Waals surface area contributed by atoms with E-state index in [4.69, 9.17) is 15.5 Å². The molecule has 0 radical (unpaired) electrons. The second-order valence-electron chi connectivity index (χ2n) is 3.14. The summed E-state index contributed by atoms with van der Waals surface area (Å²) in [5.74, 6) is -0.134. The third-order valence-electron chi connectivity index (χ3n) is 1.83. The highest BCUT2D eigenvalue weighted by atomic mass is 31.2. The number of imidazole rings is 1. The van der Waals surface area contributed by atoms with E-state index in [9.17, 15) is 9.36 Å². The standard InChI is InChI=1S/C6H8N5O4P/c7-6-9-4-3(5(12)10-6)8-1-11(4)2-16(13,14)15/h1H,2H2,(H2,13,14,15)(H3,7,9,10,12). The number of aromatic amines is 1. The SMILES string of the molecule is Nc1nc2c(ncn2CP(=O)(O)O)c(=O)[nH]1. The number of nitrogen functional groups attached to an aromatic ring is 1. The first-order valence-electron chi connectivity index (χ1n) is 4.12. The zero-order valence-electron chi connectivity index (χ0n) is 7.86. The third-order valence-corrected chi connectivity index (χ3v) is 2.50. The highest BCUT2D eigenvalue weighted by molar-refractivity contribution is 7.50. The molecular formula is C6H8N5O4P. The molecule has 0 aliphatic rings. The Morgan fingerprint density at radius 3 is 2.88 bits per heavy atom. The summed E-state index contributed by atoms with van der Waals surface area (Å²) >= 11 is 0. The van der Waals surface area contributed by atoms with Gasteiger partial charge in [-0.05, 0) is 0 Å². The van der Waals surface area contributed by atoms with Gasteiger partial charge in [-0.3, -0.25) is 14.3 Å². The second kappa shape index (κ2) is 3.41. The molecule has 0 unspecified atom stereocenters. The molecule has 86 valence electrons. The summed E-state index contributed by atoms with van der Waals surface area (Å²) in [6.07, 6.45) is 0.533. The Kier molecular flexibility index (Phi) is 2.30. The van der Waals surface area contributed by atoms with Crippen molar-refractivity contribution >= 4 is 24.7 Å². The number of anilines is 1. The highest BCUT2D eigenvalue weighted by Gasteiger charge is 2.17. The number of fused-ring (bicyclic) bond motifs is 1. The summed E-state index contributed by atoms with van der Waals surface area (Å²) < 4.78 is 11.9. The first-order valence-corrected chi connectivity index (χ1v) is 5.92. The molecule has 0 saturated heterocycles. The summed E-state index contributed by atoms with van der Waals surface area (Å²) in [6, 6.07) is 0. The molecule has 2 heterocycles. The first-order chi connectivity index (χ1) is 7.37. The topological polar surface area (TPSA) is 147 Å². The van der Waals surface area contributed by atoms with E-state index in [1.54, 1.807) is 0 Å². The van der Waals surface area contributed by atoms with Crippen molar-refractivity contribution in [2.45, 2.75) is 6.29 Å². The molecule has 0 saturated carbocycles. The van der Waals surface area contributed by atoms with Crippen LogP contribution in [0.2, 0.25) is 0 Å². The average Bonchev–Trinajstić information content (AvgIpc) is 2.46. The van der Waals surface area contributed by atoms with Crippen LogP contribution in [0.3, 0.4) is 0 Å². The summed E-state index contributed by atoms with van der Waals surface area (Å²) in [5, 5.41) is 0. The number of rotatable bonds is 2. The number of nitrogens with one attached hydrogen (secondary N) is 1. The van der Waals surface area contributed by atoms with Crippen LogP contribution in [0, 0.1) is 0 Å². The summed E-state index contributed by atoms with van der Waals surface area (Å²) in [4.78, 5) is 38.6. The lowest BCUT2D eigenvalue weighted by Crippen LogP contribution is -2.12. The van der Waals surface area contributed by atoms with Gasteiger partial charge in [0.2, 0.25) is 5.95 Å². The van der Waals surface area contributed by atoms with Crippen molar-refractivity contribution in [3.05, 3.63) is 16.7 Å². The fourth-order valence-electron chi connectivity index (χ4n) is 1.27. The Morgan fingerprint density at radius 1 is 1.56 bits per heavy atom. The monoisotopic (exact) mass is 245 g/mol. The molecule has 2 rings (SSSR count). The molecule has 0 spiro atoms. The van der Waals surface area contributed by atoms with E-state index in [2.05, 4.69) is 15.0 Å². The lowest BCUT2D eigenvalue weighted by atomic mass is 10.5. The quantitative estimate of drug-likeness (QED) is 0.487. The van der Waals surface area contributed by atoms with Gasteiger partial charge in [-0.25, -0.2) is 4.98 Å². The Morgan fingerprint density at radius 2 is 2.25 bits per heavy atom. The van der Waals surface area contributed by atoms with E-state index >= 15 is 0 Å². The summed E-state index contributed by atoms with van der Waals surface area (Å²) in [7, 11) is -4.26. The van der Waals surface area contributed by atoms with Crippen LogP contribution in [0.15, 0.2) is 11.1 Å². The molecule has 0 bridgehead atoms. The van der Waals surface area contributed by atoms with Crippen molar-refractivity contribution in [3.8, 4) is 0 Å². The van der Waals surface area contributed by atoms with Crippen molar-refractivity contribution in [2.75, 3.05) is 5.73 Å². The molecule has 0 aliphatic carbocycles. The Hall–Kier alpha value is -1.70. The number of nitrogens with two attached hydrogens (primary N) is 1. The fraction of sp³-hybridized carbons (Fsp3) is 0.167. The van der Waals surface area contributed by atoms with Gasteiger partial charge in [0.15, 0.2) is 11.2 Å². The highest BCUT2D eigenvalue weighted by Crippen LogP contribution is 2.36. The molecule has 5 N–H and O–H groups in total. The van der Waals surface area contributed by atoms with Gasteiger partial charge < -0.3 is 20.1 Å². The molecule has 10 heteroatoms. The predicted molar refractivity (Wildman–Crippen MR) is 54.6 cm³/mol. The molecule has 0 aromatic carbocycles. The summed E-state index contributed by atoms with van der Waals surface area (Å²) in [6.45, 7) is 0. The van der Waals surface area contributed by atoms with Gasteiger partial charge in [-0.15, -0.1) is 0 Å². The van der Waals surface area contributed by atoms with Crippen LogP contribution in [0.4, 0.5) is 5.95 Å². The van der Waals surface area contributed by atoms with Crippen LogP contribution in [-0.2, 0) is 10.9 Å². The number of aromatic nitrogens is 4. The van der Waals surface area contributed by atoms with Crippen molar-refractivity contribution in [3.63, 3.8) is 0 Å². The zero-order chi connectivity index (χ0) is 11.9. The van der Waals surface area contributed by atoms with E-state index in [1.165, 1.54) is 0 Å². The van der Waals surface area contributed by atoms with Crippen LogP contribution in [0.1, 0.15) is 0 Å². The van der Waals surface area contributed by atoms with Gasteiger partial charge >= 0.3 is 7.60 Å². The van der Waals surface area contributed by atoms with E-state index in [0.29, 0.717) is 0 Å². The van der Waals surface area contributed by atoms with Gasteiger partial charge in [0.25, 0.3) is 5.56 Å². The molecule has 0 atom stereocenters. The molecule has 2 aromatic rings. The minimum absolute atomic E-state index is 0.0114. The minimum Gasteiger partial charge on any atom is -0.369 e. The second-order valence-corrected chi connectivity index (χ2v) is 4.76. The van der Waals surface area contributed by atoms with Gasteiger partial charge in [0.05, 0.1) is 6.33 Å². The zero-order valence-corrected chi connectivity index (χ0v) is 8.76. The van der Waals surface area contributed by atoms with Crippen LogP contribution in [0.5, 0.6) is 0 Å². The van der Waals surface area contributed by atoms with Crippen molar-refractivity contribution in [2.24, 2.45) is 0 Å². The number of nitrogens with zero attached hydrogens (tertiary/aromatic N) is 3. The molecule has 16 heavy (non-hydrogen) atoms. The third kappa shape index (κ3) is 1.96. The Balaban J connectivity index is 2.65. The molecule has 0 aliphatic heterocycles. The van der Waals surface area contributed by atoms with E-state index in [-0.39, 0.29) is 17.1 Å². The lowest BCUT2D eigenvalue weighted by Gasteiger charge is -2.04. The maximum Gasteiger partial charge on any atom is 0.345 e. The molecular weight excluding hydrogens is 237 g/mol. The molecule has 9 nitrogen and oxygen atoms in total. The van der Waals surface area contributed by atoms with Gasteiger partial charge in [0, 0.05) is 0 Å². The van der Waals surface area contributed by atoms with Crippen LogP contribution >= 0.6 is 7.60 Å². The van der Waals surface area contributed by atoms with Crippen molar-refractivity contribution in [1.29, 1.82) is 0 Å². The van der Waals surface area contributed by atoms with Crippen LogP contribution in [0.25, 0.3) is 11.2 Å². The average molecular weight is 245 g/mol. The predicted octanol–water partition coefficient (Wildman–Crippen LogP) is -1.16. The van der Waals surface area contributed by atoms with Gasteiger partial charge in [0.1, 0.15) is 6.29 Å². The van der Waals surface area contributed by atoms with Crippen molar-refractivity contribution < 1.29 is 14.4 Å². The Labute approximate surface area is 88.1 Å². The minimum atomic E-state index is -4.26. The van der Waals surface area contributed by atoms with Crippen LogP contribution in [-0.4, -0.2) is 29.3 Å². The lowest BCUT2D eigenvalue weighted by molar-refractivity contribution is 0.363. The van der Waals surface area contributed by atoms with E-state index in [1.807, 2.05) is 0 Å². The molecule has 0 fully saturated rings. The maximum absolute atomic E-state index is 11.3. The maximum atomic E-state index is 11.3. The number of H-pyrrole nitrogens is 1. The summed E-state index contributed by atoms with van der Waals surface area (Å²) in [5.41, 5.74) is 4.80. The smallest absolute Gasteiger partial charge is 0.345 e. The normalized spacial score (nSPS) is 12.1. The first kappa shape index (κ1) is 10.8. The largest absolute Gasteiger partial charge is 0.369 e. The molecule has 0 amide bonds. The molecule has 2 aromatic heterocycles. The van der Waals surface area contributed by atoms with Gasteiger partial charge in [-0.1, -0.05) is 0 Å².